The molecule has 0 aliphatic carbocycles. The van der Waals surface area contributed by atoms with Gasteiger partial charge in [0.25, 0.3) is 0 Å². The van der Waals surface area contributed by atoms with Gasteiger partial charge in [0.05, 0.1) is 33.8 Å². The monoisotopic (exact) mass is 582 g/mol. The van der Waals surface area contributed by atoms with E-state index in [-0.39, 0.29) is 0 Å². The van der Waals surface area contributed by atoms with Crippen molar-refractivity contribution in [1.29, 1.82) is 5.26 Å². The number of benzene rings is 6. The van der Waals surface area contributed by atoms with Crippen molar-refractivity contribution >= 4 is 33.6 Å². The highest BCUT2D eigenvalue weighted by molar-refractivity contribution is 7.98. The van der Waals surface area contributed by atoms with E-state index in [2.05, 4.69) is 145 Å². The quantitative estimate of drug-likeness (QED) is 0.189. The molecule has 1 aliphatic heterocycles. The number of aryl methyl sites for hydroxylation is 1. The first-order chi connectivity index (χ1) is 21.7. The largest absolute Gasteiger partial charge is 0.309 e. The molecule has 7 aromatic rings. The fourth-order valence-corrected chi connectivity index (χ4v) is 8.19. The highest BCUT2D eigenvalue weighted by atomic mass is 32.2. The van der Waals surface area contributed by atoms with Gasteiger partial charge in [-0.2, -0.15) is 5.26 Å². The molecule has 0 radical (unpaired) electrons. The third-order valence-corrected chi connectivity index (χ3v) is 10.2. The fraction of sp³-hybridized carbons (Fsp3) is 0.0976. The van der Waals surface area contributed by atoms with E-state index in [0.717, 1.165) is 17.5 Å². The summed E-state index contributed by atoms with van der Waals surface area (Å²) in [7, 11) is 0. The summed E-state index contributed by atoms with van der Waals surface area (Å²) in [6, 6.07) is 50.9. The molecule has 1 aliphatic rings. The van der Waals surface area contributed by atoms with Crippen LogP contribution in [0.2, 0.25) is 0 Å². The Morgan fingerprint density at radius 3 is 2.14 bits per heavy atom. The molecule has 0 spiro atoms. The molecule has 1 unspecified atom stereocenters. The first-order valence-electron chi connectivity index (χ1n) is 15.1. The molecule has 8 rings (SSSR count). The zero-order valence-electron chi connectivity index (χ0n) is 24.7. The number of hydrogen-bond acceptors (Lipinski definition) is 2. The first-order valence-corrected chi connectivity index (χ1v) is 16.3. The maximum absolute atomic E-state index is 9.43. The molecule has 0 saturated heterocycles. The molecule has 210 valence electrons. The average Bonchev–Trinajstić information content (AvgIpc) is 3.44. The molecule has 0 amide bonds. The van der Waals surface area contributed by atoms with Gasteiger partial charge in [-0.3, -0.25) is 0 Å². The van der Waals surface area contributed by atoms with Gasteiger partial charge in [-0.1, -0.05) is 104 Å². The Bertz CT molecular complexity index is 2270. The van der Waals surface area contributed by atoms with Crippen LogP contribution in [0, 0.1) is 11.3 Å². The topological polar surface area (TPSA) is 28.7 Å². The maximum atomic E-state index is 9.43. The van der Waals surface area contributed by atoms with E-state index in [0.29, 0.717) is 5.56 Å². The van der Waals surface area contributed by atoms with Crippen LogP contribution in [0.4, 0.5) is 0 Å². The van der Waals surface area contributed by atoms with Crippen LogP contribution < -0.4 is 0 Å². The number of para-hydroxylation sites is 3. The second-order valence-corrected chi connectivity index (χ2v) is 12.3. The molecule has 0 bridgehead atoms. The lowest BCUT2D eigenvalue weighted by molar-refractivity contribution is 0.702. The smallest absolute Gasteiger partial charge is 0.0991 e. The standard InChI is InChI=1S/C41H30N2S/c1-3-28-23-24-30(29-21-19-27(26-42)20-22-29)25-36(28)41(34-14-6-9-18-39(34)44-2)33-13-5-8-17-38(33)43-37-16-7-4-11-31(37)32-12-10-15-35(41)40(32)43/h4-25H,3H2,1-2H3. The summed E-state index contributed by atoms with van der Waals surface area (Å²) in [6.45, 7) is 2.26. The van der Waals surface area contributed by atoms with Crippen LogP contribution in [-0.2, 0) is 11.8 Å². The van der Waals surface area contributed by atoms with Gasteiger partial charge in [0.2, 0.25) is 0 Å². The van der Waals surface area contributed by atoms with Crippen molar-refractivity contribution in [2.24, 2.45) is 0 Å². The highest BCUT2D eigenvalue weighted by Gasteiger charge is 2.47. The van der Waals surface area contributed by atoms with E-state index in [1.165, 1.54) is 60.2 Å². The minimum atomic E-state index is -0.561. The van der Waals surface area contributed by atoms with Crippen LogP contribution >= 0.6 is 11.8 Å². The number of nitriles is 1. The van der Waals surface area contributed by atoms with Crippen LogP contribution in [0.3, 0.4) is 0 Å². The minimum absolute atomic E-state index is 0.561. The third kappa shape index (κ3) is 3.62. The molecule has 3 heteroatoms. The zero-order valence-corrected chi connectivity index (χ0v) is 25.5. The maximum Gasteiger partial charge on any atom is 0.0991 e. The van der Waals surface area contributed by atoms with Crippen LogP contribution in [-0.4, -0.2) is 10.8 Å². The predicted molar refractivity (Wildman–Crippen MR) is 184 cm³/mol. The zero-order chi connectivity index (χ0) is 29.8. The Balaban J connectivity index is 1.59. The molecule has 2 nitrogen and oxygen atoms in total. The average molecular weight is 583 g/mol. The molecule has 0 saturated carbocycles. The van der Waals surface area contributed by atoms with Gasteiger partial charge in [-0.25, -0.2) is 0 Å². The summed E-state index contributed by atoms with van der Waals surface area (Å²) >= 11 is 1.81. The van der Waals surface area contributed by atoms with Crippen molar-refractivity contribution in [2.45, 2.75) is 23.7 Å². The van der Waals surface area contributed by atoms with Crippen LogP contribution in [0.5, 0.6) is 0 Å². The van der Waals surface area contributed by atoms with E-state index >= 15 is 0 Å². The van der Waals surface area contributed by atoms with Gasteiger partial charge in [0.1, 0.15) is 0 Å². The Hall–Kier alpha value is -5.04. The van der Waals surface area contributed by atoms with Crippen molar-refractivity contribution < 1.29 is 0 Å². The second-order valence-electron chi connectivity index (χ2n) is 11.4. The van der Waals surface area contributed by atoms with Gasteiger partial charge in [-0.15, -0.1) is 11.8 Å². The number of nitrogens with zero attached hydrogens (tertiary/aromatic N) is 2. The van der Waals surface area contributed by atoms with Gasteiger partial charge < -0.3 is 4.57 Å². The van der Waals surface area contributed by atoms with Crippen molar-refractivity contribution in [3.63, 3.8) is 0 Å². The molecule has 0 N–H and O–H groups in total. The number of aromatic nitrogens is 1. The summed E-state index contributed by atoms with van der Waals surface area (Å²) in [5.74, 6) is 0. The molecule has 1 atom stereocenters. The summed E-state index contributed by atoms with van der Waals surface area (Å²) < 4.78 is 2.49. The lowest BCUT2D eigenvalue weighted by Gasteiger charge is -2.43. The Labute approximate surface area is 262 Å². The molecular formula is C41H30N2S. The second kappa shape index (κ2) is 10.3. The van der Waals surface area contributed by atoms with Gasteiger partial charge in [0, 0.05) is 15.7 Å². The number of hydrogen-bond donors (Lipinski definition) is 0. The van der Waals surface area contributed by atoms with Crippen LogP contribution in [0.25, 0.3) is 38.6 Å². The molecule has 6 aromatic carbocycles. The SMILES string of the molecule is CCc1ccc(-c2ccc(C#N)cc2)cc1C1(c2ccccc2SC)c2ccccc2-n2c3ccccc3c3cccc1c32. The minimum Gasteiger partial charge on any atom is -0.309 e. The van der Waals surface area contributed by atoms with Crippen LogP contribution in [0.15, 0.2) is 138 Å². The van der Waals surface area contributed by atoms with Gasteiger partial charge >= 0.3 is 0 Å². The lowest BCUT2D eigenvalue weighted by atomic mass is 9.61. The summed E-state index contributed by atoms with van der Waals surface area (Å²) in [6.07, 6.45) is 3.10. The lowest BCUT2D eigenvalue weighted by Crippen LogP contribution is -2.37. The van der Waals surface area contributed by atoms with Crippen molar-refractivity contribution in [1.82, 2.24) is 4.57 Å². The van der Waals surface area contributed by atoms with Crippen molar-refractivity contribution in [3.05, 3.63) is 167 Å². The number of thioether (sulfide) groups is 1. The van der Waals surface area contributed by atoms with E-state index in [4.69, 9.17) is 0 Å². The Morgan fingerprint density at radius 1 is 0.659 bits per heavy atom. The van der Waals surface area contributed by atoms with Crippen LogP contribution in [0.1, 0.15) is 40.3 Å². The molecule has 0 fully saturated rings. The summed E-state index contributed by atoms with van der Waals surface area (Å²) in [5, 5.41) is 12.0. The number of fused-ring (bicyclic) bond motifs is 5. The molecular weight excluding hydrogens is 553 g/mol. The third-order valence-electron chi connectivity index (χ3n) is 9.40. The van der Waals surface area contributed by atoms with Crippen molar-refractivity contribution in [3.8, 4) is 22.9 Å². The highest BCUT2D eigenvalue weighted by Crippen LogP contribution is 2.56. The summed E-state index contributed by atoms with van der Waals surface area (Å²) in [4.78, 5) is 1.27. The van der Waals surface area contributed by atoms with Crippen molar-refractivity contribution in [2.75, 3.05) is 6.26 Å². The first kappa shape index (κ1) is 26.6. The molecule has 2 heterocycles. The summed E-state index contributed by atoms with van der Waals surface area (Å²) in [5.41, 5.74) is 12.6. The van der Waals surface area contributed by atoms with E-state index in [9.17, 15) is 5.26 Å². The molecule has 44 heavy (non-hydrogen) atoms. The fourth-order valence-electron chi connectivity index (χ4n) is 7.53. The normalized spacial score (nSPS) is 15.3. The van der Waals surface area contributed by atoms with Gasteiger partial charge in [0.15, 0.2) is 0 Å². The Morgan fingerprint density at radius 2 is 1.34 bits per heavy atom. The predicted octanol–water partition coefficient (Wildman–Crippen LogP) is 10.3. The van der Waals surface area contributed by atoms with E-state index < -0.39 is 5.41 Å². The van der Waals surface area contributed by atoms with Gasteiger partial charge in [-0.05, 0) is 88.0 Å². The van der Waals surface area contributed by atoms with E-state index in [1.807, 2.05) is 23.9 Å². The number of rotatable bonds is 5. The Kier molecular flexibility index (Phi) is 6.22. The van der Waals surface area contributed by atoms with E-state index in [1.54, 1.807) is 0 Å². The molecule has 1 aromatic heterocycles.